The standard InChI is InChI=1S/C21H18ClN3O4S/c1-12-2-4-14(5-3-12)28-10-21-23-13(11-30-21)6-19(26)24-16-8-18-17(7-15(16)22)25-20(27)9-29-18/h2-5,7-8,11H,6,9-10H2,1H3,(H,24,26)(H,25,27). The number of hydrogen-bond donors (Lipinski definition) is 2. The molecule has 7 nitrogen and oxygen atoms in total. The van der Waals surface area contributed by atoms with E-state index in [0.717, 1.165) is 10.8 Å². The number of amides is 2. The quantitative estimate of drug-likeness (QED) is 0.596. The Morgan fingerprint density at radius 3 is 2.93 bits per heavy atom. The van der Waals surface area contributed by atoms with Gasteiger partial charge < -0.3 is 20.1 Å². The second kappa shape index (κ2) is 8.73. The molecule has 0 saturated heterocycles. The van der Waals surface area contributed by atoms with E-state index in [-0.39, 0.29) is 24.8 Å². The molecule has 4 rings (SSSR count). The molecular formula is C21H18ClN3O4S. The molecule has 0 unspecified atom stereocenters. The Kier molecular flexibility index (Phi) is 5.87. The molecule has 9 heteroatoms. The number of aryl methyl sites for hydroxylation is 1. The van der Waals surface area contributed by atoms with E-state index in [1.807, 2.05) is 36.6 Å². The monoisotopic (exact) mass is 443 g/mol. The zero-order chi connectivity index (χ0) is 21.1. The van der Waals surface area contributed by atoms with Gasteiger partial charge in [0.2, 0.25) is 5.91 Å². The Hall–Kier alpha value is -3.10. The Balaban J connectivity index is 1.34. The minimum Gasteiger partial charge on any atom is -0.486 e. The van der Waals surface area contributed by atoms with Gasteiger partial charge in [0.15, 0.2) is 6.61 Å². The third-order valence-corrected chi connectivity index (χ3v) is 5.48. The average Bonchev–Trinajstić information content (AvgIpc) is 3.15. The number of anilines is 2. The maximum absolute atomic E-state index is 12.4. The first-order valence-corrected chi connectivity index (χ1v) is 10.4. The minimum atomic E-state index is -0.256. The summed E-state index contributed by atoms with van der Waals surface area (Å²) in [6, 6.07) is 10.9. The third kappa shape index (κ3) is 4.90. The molecule has 1 aliphatic rings. The maximum Gasteiger partial charge on any atom is 0.262 e. The summed E-state index contributed by atoms with van der Waals surface area (Å²) in [5.74, 6) is 0.725. The lowest BCUT2D eigenvalue weighted by molar-refractivity contribution is -0.118. The van der Waals surface area contributed by atoms with Crippen LogP contribution in [-0.2, 0) is 22.6 Å². The lowest BCUT2D eigenvalue weighted by Crippen LogP contribution is -2.25. The van der Waals surface area contributed by atoms with Crippen LogP contribution in [-0.4, -0.2) is 23.4 Å². The van der Waals surface area contributed by atoms with Gasteiger partial charge in [0.25, 0.3) is 5.91 Å². The Morgan fingerprint density at radius 2 is 2.13 bits per heavy atom. The number of carbonyl (C=O) groups is 2. The van der Waals surface area contributed by atoms with Crippen molar-refractivity contribution in [1.29, 1.82) is 0 Å². The van der Waals surface area contributed by atoms with E-state index in [2.05, 4.69) is 15.6 Å². The highest BCUT2D eigenvalue weighted by molar-refractivity contribution is 7.09. The van der Waals surface area contributed by atoms with Crippen molar-refractivity contribution in [3.05, 3.63) is 63.1 Å². The highest BCUT2D eigenvalue weighted by Crippen LogP contribution is 2.36. The van der Waals surface area contributed by atoms with E-state index < -0.39 is 0 Å². The van der Waals surface area contributed by atoms with Gasteiger partial charge in [-0.3, -0.25) is 9.59 Å². The molecule has 0 saturated carbocycles. The van der Waals surface area contributed by atoms with Crippen LogP contribution in [0.2, 0.25) is 5.02 Å². The first kappa shape index (κ1) is 20.2. The molecular weight excluding hydrogens is 426 g/mol. The number of halogens is 1. The molecule has 0 atom stereocenters. The number of rotatable bonds is 6. The summed E-state index contributed by atoms with van der Waals surface area (Å²) in [6.45, 7) is 2.29. The lowest BCUT2D eigenvalue weighted by atomic mass is 10.2. The second-order valence-corrected chi connectivity index (χ2v) is 8.07. The third-order valence-electron chi connectivity index (χ3n) is 4.30. The maximum atomic E-state index is 12.4. The van der Waals surface area contributed by atoms with Gasteiger partial charge in [0, 0.05) is 11.4 Å². The number of thiazole rings is 1. The van der Waals surface area contributed by atoms with Crippen LogP contribution in [0.3, 0.4) is 0 Å². The van der Waals surface area contributed by atoms with Crippen LogP contribution in [0.5, 0.6) is 11.5 Å². The van der Waals surface area contributed by atoms with Crippen LogP contribution in [0.1, 0.15) is 16.3 Å². The number of hydrogen-bond acceptors (Lipinski definition) is 6. The Morgan fingerprint density at radius 1 is 1.33 bits per heavy atom. The molecule has 1 aliphatic heterocycles. The number of benzene rings is 2. The highest BCUT2D eigenvalue weighted by atomic mass is 35.5. The van der Waals surface area contributed by atoms with Gasteiger partial charge in [-0.2, -0.15) is 0 Å². The van der Waals surface area contributed by atoms with Gasteiger partial charge in [-0.05, 0) is 25.1 Å². The summed E-state index contributed by atoms with van der Waals surface area (Å²) in [5, 5.41) is 8.36. The van der Waals surface area contributed by atoms with Crippen molar-refractivity contribution in [2.24, 2.45) is 0 Å². The van der Waals surface area contributed by atoms with Crippen LogP contribution < -0.4 is 20.1 Å². The summed E-state index contributed by atoms with van der Waals surface area (Å²) in [7, 11) is 0. The van der Waals surface area contributed by atoms with Gasteiger partial charge in [0.1, 0.15) is 23.1 Å². The molecule has 2 N–H and O–H groups in total. The molecule has 0 fully saturated rings. The van der Waals surface area contributed by atoms with Gasteiger partial charge >= 0.3 is 0 Å². The van der Waals surface area contributed by atoms with E-state index in [1.54, 1.807) is 12.1 Å². The average molecular weight is 444 g/mol. The predicted molar refractivity (Wildman–Crippen MR) is 116 cm³/mol. The molecule has 2 amide bonds. The molecule has 2 heterocycles. The molecule has 0 radical (unpaired) electrons. The van der Waals surface area contributed by atoms with E-state index >= 15 is 0 Å². The molecule has 0 bridgehead atoms. The van der Waals surface area contributed by atoms with Crippen molar-refractivity contribution >= 4 is 46.1 Å². The molecule has 0 spiro atoms. The van der Waals surface area contributed by atoms with Crippen LogP contribution >= 0.6 is 22.9 Å². The summed E-state index contributed by atoms with van der Waals surface area (Å²) in [4.78, 5) is 28.3. The molecule has 0 aliphatic carbocycles. The van der Waals surface area contributed by atoms with Gasteiger partial charge in [0.05, 0.1) is 28.5 Å². The van der Waals surface area contributed by atoms with Crippen molar-refractivity contribution in [1.82, 2.24) is 4.98 Å². The lowest BCUT2D eigenvalue weighted by Gasteiger charge is -2.19. The summed E-state index contributed by atoms with van der Waals surface area (Å²) < 4.78 is 11.1. The van der Waals surface area contributed by atoms with Crippen molar-refractivity contribution in [3.63, 3.8) is 0 Å². The van der Waals surface area contributed by atoms with Crippen LogP contribution in [0.25, 0.3) is 0 Å². The van der Waals surface area contributed by atoms with Gasteiger partial charge in [-0.15, -0.1) is 11.3 Å². The van der Waals surface area contributed by atoms with Crippen molar-refractivity contribution < 1.29 is 19.1 Å². The number of carbonyl (C=O) groups excluding carboxylic acids is 2. The fourth-order valence-electron chi connectivity index (χ4n) is 2.83. The smallest absolute Gasteiger partial charge is 0.262 e. The van der Waals surface area contributed by atoms with Crippen molar-refractivity contribution in [3.8, 4) is 11.5 Å². The van der Waals surface area contributed by atoms with Crippen molar-refractivity contribution in [2.75, 3.05) is 17.2 Å². The summed E-state index contributed by atoms with van der Waals surface area (Å²) in [6.07, 6.45) is 0.103. The Labute approximate surface area is 182 Å². The SMILES string of the molecule is Cc1ccc(OCc2nc(CC(=O)Nc3cc4c(cc3Cl)NC(=O)CO4)cs2)cc1. The molecule has 2 aromatic carbocycles. The summed E-state index contributed by atoms with van der Waals surface area (Å²) >= 11 is 7.66. The zero-order valence-corrected chi connectivity index (χ0v) is 17.6. The second-order valence-electron chi connectivity index (χ2n) is 6.72. The topological polar surface area (TPSA) is 89.5 Å². The first-order valence-electron chi connectivity index (χ1n) is 9.15. The minimum absolute atomic E-state index is 0.0751. The summed E-state index contributed by atoms with van der Waals surface area (Å²) in [5.41, 5.74) is 2.71. The van der Waals surface area contributed by atoms with Crippen LogP contribution in [0, 0.1) is 6.92 Å². The number of aromatic nitrogens is 1. The fourth-order valence-corrected chi connectivity index (χ4v) is 3.75. The zero-order valence-electron chi connectivity index (χ0n) is 16.0. The first-order chi connectivity index (χ1) is 14.5. The van der Waals surface area contributed by atoms with Gasteiger partial charge in [-0.1, -0.05) is 29.3 Å². The number of nitrogens with zero attached hydrogens (tertiary/aromatic N) is 1. The van der Waals surface area contributed by atoms with E-state index in [1.165, 1.54) is 16.9 Å². The van der Waals surface area contributed by atoms with Gasteiger partial charge in [-0.25, -0.2) is 4.98 Å². The number of ether oxygens (including phenoxy) is 2. The fraction of sp³-hybridized carbons (Fsp3) is 0.190. The molecule has 154 valence electrons. The Bertz CT molecular complexity index is 1100. The van der Waals surface area contributed by atoms with Crippen LogP contribution in [0.15, 0.2) is 41.8 Å². The van der Waals surface area contributed by atoms with Crippen LogP contribution in [0.4, 0.5) is 11.4 Å². The van der Waals surface area contributed by atoms with E-state index in [9.17, 15) is 9.59 Å². The normalized spacial score (nSPS) is 12.5. The van der Waals surface area contributed by atoms with E-state index in [0.29, 0.717) is 34.4 Å². The largest absolute Gasteiger partial charge is 0.486 e. The molecule has 1 aromatic heterocycles. The molecule has 30 heavy (non-hydrogen) atoms. The highest BCUT2D eigenvalue weighted by Gasteiger charge is 2.19. The number of fused-ring (bicyclic) bond motifs is 1. The van der Waals surface area contributed by atoms with E-state index in [4.69, 9.17) is 21.1 Å². The predicted octanol–water partition coefficient (Wildman–Crippen LogP) is 4.20. The molecule has 3 aromatic rings. The van der Waals surface area contributed by atoms with Crippen molar-refractivity contribution in [2.45, 2.75) is 20.0 Å². The number of nitrogens with one attached hydrogen (secondary N) is 2.